The van der Waals surface area contributed by atoms with Crippen LogP contribution < -0.4 is 11.1 Å². The summed E-state index contributed by atoms with van der Waals surface area (Å²) in [6.45, 7) is 2.41. The number of nitrogens with two attached hydrogens (primary N) is 1. The van der Waals surface area contributed by atoms with Crippen molar-refractivity contribution in [3.8, 4) is 0 Å². The first-order valence-corrected chi connectivity index (χ1v) is 5.73. The summed E-state index contributed by atoms with van der Waals surface area (Å²) in [6.07, 6.45) is 4.09. The lowest BCUT2D eigenvalue weighted by Gasteiger charge is -2.04. The molecule has 2 aromatic heterocycles. The molecule has 0 atom stereocenters. The molecule has 0 aliphatic rings. The predicted molar refractivity (Wildman–Crippen MR) is 68.0 cm³/mol. The zero-order valence-corrected chi connectivity index (χ0v) is 10.1. The smallest absolute Gasteiger partial charge is 0.275 e. The lowest BCUT2D eigenvalue weighted by atomic mass is 10.2. The molecule has 18 heavy (non-hydrogen) atoms. The number of aromatic nitrogens is 3. The molecule has 0 radical (unpaired) electrons. The lowest BCUT2D eigenvalue weighted by molar-refractivity contribution is 0.102. The number of H-pyrrole nitrogens is 1. The second-order valence-corrected chi connectivity index (χ2v) is 3.83. The fourth-order valence-electron chi connectivity index (χ4n) is 1.54. The highest BCUT2D eigenvalue weighted by atomic mass is 16.1. The lowest BCUT2D eigenvalue weighted by Crippen LogP contribution is -2.15. The van der Waals surface area contributed by atoms with Crippen molar-refractivity contribution in [2.45, 2.75) is 19.9 Å². The minimum atomic E-state index is -0.266. The molecule has 4 N–H and O–H groups in total. The summed E-state index contributed by atoms with van der Waals surface area (Å²) >= 11 is 0. The average Bonchev–Trinajstić information content (AvgIpc) is 2.86. The number of carbonyl (C=O) groups is 1. The number of nitrogens with one attached hydrogen (secondary N) is 2. The number of hydrogen-bond acceptors (Lipinski definition) is 4. The number of hydrogen-bond donors (Lipinski definition) is 3. The third-order valence-electron chi connectivity index (χ3n) is 2.63. The maximum absolute atomic E-state index is 11.9. The van der Waals surface area contributed by atoms with E-state index >= 15 is 0 Å². The normalized spacial score (nSPS) is 10.3. The minimum Gasteiger partial charge on any atom is -0.326 e. The van der Waals surface area contributed by atoms with Crippen LogP contribution in [0.3, 0.4) is 0 Å². The number of amides is 1. The molecular formula is C12H15N5O. The number of anilines is 1. The van der Waals surface area contributed by atoms with Gasteiger partial charge in [0.1, 0.15) is 11.5 Å². The Kier molecular flexibility index (Phi) is 3.69. The molecule has 2 aromatic rings. The number of carbonyl (C=O) groups excluding carboxylic acids is 1. The van der Waals surface area contributed by atoms with E-state index in [0.717, 1.165) is 17.5 Å². The molecule has 0 aliphatic carbocycles. The second-order valence-electron chi connectivity index (χ2n) is 3.83. The minimum absolute atomic E-state index is 0.266. The first-order valence-electron chi connectivity index (χ1n) is 5.73. The van der Waals surface area contributed by atoms with Crippen molar-refractivity contribution in [2.24, 2.45) is 5.73 Å². The van der Waals surface area contributed by atoms with Crippen LogP contribution in [-0.2, 0) is 13.0 Å². The Morgan fingerprint density at radius 1 is 1.44 bits per heavy atom. The van der Waals surface area contributed by atoms with E-state index < -0.39 is 0 Å². The maximum atomic E-state index is 11.9. The first-order chi connectivity index (χ1) is 8.74. The van der Waals surface area contributed by atoms with E-state index in [0.29, 0.717) is 18.1 Å². The molecule has 0 aromatic carbocycles. The summed E-state index contributed by atoms with van der Waals surface area (Å²) < 4.78 is 0. The monoisotopic (exact) mass is 245 g/mol. The highest BCUT2D eigenvalue weighted by molar-refractivity contribution is 6.02. The van der Waals surface area contributed by atoms with Crippen LogP contribution in [-0.4, -0.2) is 21.1 Å². The molecule has 0 aliphatic heterocycles. The molecule has 6 nitrogen and oxygen atoms in total. The van der Waals surface area contributed by atoms with E-state index in [1.807, 2.05) is 6.92 Å². The van der Waals surface area contributed by atoms with Gasteiger partial charge in [-0.1, -0.05) is 13.0 Å². The number of aromatic amines is 1. The van der Waals surface area contributed by atoms with E-state index in [-0.39, 0.29) is 5.91 Å². The standard InChI is InChI=1S/C12H15N5O/c1-2-9-7-15-17-11(9)16-12(18)10-4-3-8(5-13)6-14-10/h3-4,6-7H,2,5,13H2,1H3,(H2,15,16,17,18). The molecule has 0 saturated carbocycles. The average molecular weight is 245 g/mol. The Morgan fingerprint density at radius 2 is 2.28 bits per heavy atom. The third kappa shape index (κ3) is 2.54. The van der Waals surface area contributed by atoms with Crippen molar-refractivity contribution in [1.29, 1.82) is 0 Å². The first kappa shape index (κ1) is 12.3. The molecule has 6 heteroatoms. The van der Waals surface area contributed by atoms with E-state index in [9.17, 15) is 4.79 Å². The molecule has 2 rings (SSSR count). The van der Waals surface area contributed by atoms with Crippen molar-refractivity contribution >= 4 is 11.7 Å². The van der Waals surface area contributed by atoms with Crippen molar-refractivity contribution < 1.29 is 4.79 Å². The Bertz CT molecular complexity index is 532. The summed E-state index contributed by atoms with van der Waals surface area (Å²) in [5.41, 5.74) is 7.67. The van der Waals surface area contributed by atoms with Crippen LogP contribution in [0.4, 0.5) is 5.82 Å². The summed E-state index contributed by atoms with van der Waals surface area (Å²) in [5.74, 6) is 0.352. The largest absolute Gasteiger partial charge is 0.326 e. The summed E-state index contributed by atoms with van der Waals surface area (Å²) in [6, 6.07) is 3.44. The topological polar surface area (TPSA) is 96.7 Å². The Labute approximate surface area is 105 Å². The number of aryl methyl sites for hydroxylation is 1. The van der Waals surface area contributed by atoms with E-state index in [1.54, 1.807) is 24.5 Å². The summed E-state index contributed by atoms with van der Waals surface area (Å²) in [4.78, 5) is 16.0. The van der Waals surface area contributed by atoms with Crippen LogP contribution in [0.1, 0.15) is 28.5 Å². The van der Waals surface area contributed by atoms with Crippen molar-refractivity contribution in [3.63, 3.8) is 0 Å². The molecular weight excluding hydrogens is 230 g/mol. The van der Waals surface area contributed by atoms with Crippen LogP contribution in [0.5, 0.6) is 0 Å². The Balaban J connectivity index is 2.11. The maximum Gasteiger partial charge on any atom is 0.275 e. The molecule has 0 fully saturated rings. The van der Waals surface area contributed by atoms with Crippen LogP contribution in [0.15, 0.2) is 24.5 Å². The van der Waals surface area contributed by atoms with E-state index in [1.165, 1.54) is 0 Å². The van der Waals surface area contributed by atoms with Crippen LogP contribution in [0, 0.1) is 0 Å². The van der Waals surface area contributed by atoms with Crippen molar-refractivity contribution in [2.75, 3.05) is 5.32 Å². The van der Waals surface area contributed by atoms with E-state index in [4.69, 9.17) is 5.73 Å². The van der Waals surface area contributed by atoms with Gasteiger partial charge in [-0.05, 0) is 18.1 Å². The zero-order chi connectivity index (χ0) is 13.0. The van der Waals surface area contributed by atoms with Gasteiger partial charge >= 0.3 is 0 Å². The number of nitrogens with zero attached hydrogens (tertiary/aromatic N) is 2. The fraction of sp³-hybridized carbons (Fsp3) is 0.250. The van der Waals surface area contributed by atoms with Gasteiger partial charge in [0.25, 0.3) is 5.91 Å². The van der Waals surface area contributed by atoms with Gasteiger partial charge in [-0.15, -0.1) is 0 Å². The highest BCUT2D eigenvalue weighted by Crippen LogP contribution is 2.12. The van der Waals surface area contributed by atoms with E-state index in [2.05, 4.69) is 20.5 Å². The van der Waals surface area contributed by atoms with Gasteiger partial charge in [0.15, 0.2) is 0 Å². The molecule has 0 bridgehead atoms. The van der Waals surface area contributed by atoms with Gasteiger partial charge in [-0.25, -0.2) is 0 Å². The molecule has 0 saturated heterocycles. The second kappa shape index (κ2) is 5.42. The van der Waals surface area contributed by atoms with Crippen LogP contribution in [0.25, 0.3) is 0 Å². The molecule has 94 valence electrons. The number of rotatable bonds is 4. The van der Waals surface area contributed by atoms with Crippen LogP contribution >= 0.6 is 0 Å². The van der Waals surface area contributed by atoms with Crippen LogP contribution in [0.2, 0.25) is 0 Å². The fourth-order valence-corrected chi connectivity index (χ4v) is 1.54. The van der Waals surface area contributed by atoms with Gasteiger partial charge in [0.2, 0.25) is 0 Å². The van der Waals surface area contributed by atoms with Gasteiger partial charge in [0, 0.05) is 18.3 Å². The molecule has 0 unspecified atom stereocenters. The molecule has 1 amide bonds. The Morgan fingerprint density at radius 3 is 2.89 bits per heavy atom. The third-order valence-corrected chi connectivity index (χ3v) is 2.63. The molecule has 2 heterocycles. The van der Waals surface area contributed by atoms with Gasteiger partial charge < -0.3 is 11.1 Å². The van der Waals surface area contributed by atoms with Gasteiger partial charge in [-0.3, -0.25) is 14.9 Å². The summed E-state index contributed by atoms with van der Waals surface area (Å²) in [7, 11) is 0. The quantitative estimate of drug-likeness (QED) is 0.750. The van der Waals surface area contributed by atoms with Crippen molar-refractivity contribution in [3.05, 3.63) is 41.3 Å². The Hall–Kier alpha value is -2.21. The zero-order valence-electron chi connectivity index (χ0n) is 10.1. The predicted octanol–water partition coefficient (Wildman–Crippen LogP) is 1.08. The number of pyridine rings is 1. The van der Waals surface area contributed by atoms with Crippen molar-refractivity contribution in [1.82, 2.24) is 15.2 Å². The SMILES string of the molecule is CCc1cn[nH]c1NC(=O)c1ccc(CN)cn1. The van der Waals surface area contributed by atoms with Gasteiger partial charge in [0.05, 0.1) is 6.20 Å². The summed E-state index contributed by atoms with van der Waals surface area (Å²) in [5, 5.41) is 9.39. The molecule has 0 spiro atoms. The van der Waals surface area contributed by atoms with Gasteiger partial charge in [-0.2, -0.15) is 5.10 Å². The highest BCUT2D eigenvalue weighted by Gasteiger charge is 2.10.